The van der Waals surface area contributed by atoms with Gasteiger partial charge in [0.2, 0.25) is 0 Å². The second-order valence-electron chi connectivity index (χ2n) is 3.89. The third-order valence-electron chi connectivity index (χ3n) is 2.72. The van der Waals surface area contributed by atoms with Crippen LogP contribution in [-0.2, 0) is 0 Å². The first-order valence-electron chi connectivity index (χ1n) is 5.28. The first-order valence-corrected chi connectivity index (χ1v) is 6.45. The van der Waals surface area contributed by atoms with E-state index in [1.54, 1.807) is 12.4 Å². The standard InChI is InChI=1S/C12H8BrClN4/c1-7-2-3-8(13)6-9(7)11-16-17-12-10(14)15-4-5-18(11)12/h2-6H,1H3. The van der Waals surface area contributed by atoms with Crippen molar-refractivity contribution in [1.82, 2.24) is 19.6 Å². The molecule has 0 aliphatic carbocycles. The monoisotopic (exact) mass is 322 g/mol. The smallest absolute Gasteiger partial charge is 0.198 e. The molecule has 3 aromatic rings. The summed E-state index contributed by atoms with van der Waals surface area (Å²) in [7, 11) is 0. The van der Waals surface area contributed by atoms with E-state index >= 15 is 0 Å². The van der Waals surface area contributed by atoms with Gasteiger partial charge in [0.15, 0.2) is 16.6 Å². The molecule has 0 atom stereocenters. The van der Waals surface area contributed by atoms with Crippen LogP contribution in [0.3, 0.4) is 0 Å². The number of benzene rings is 1. The van der Waals surface area contributed by atoms with E-state index in [0.717, 1.165) is 21.4 Å². The maximum atomic E-state index is 5.99. The zero-order valence-corrected chi connectivity index (χ0v) is 11.8. The summed E-state index contributed by atoms with van der Waals surface area (Å²) < 4.78 is 2.84. The molecule has 18 heavy (non-hydrogen) atoms. The number of hydrogen-bond acceptors (Lipinski definition) is 3. The van der Waals surface area contributed by atoms with Gasteiger partial charge < -0.3 is 0 Å². The lowest BCUT2D eigenvalue weighted by Gasteiger charge is -2.04. The van der Waals surface area contributed by atoms with Crippen molar-refractivity contribution >= 4 is 33.2 Å². The van der Waals surface area contributed by atoms with Crippen LogP contribution in [0.2, 0.25) is 5.15 Å². The lowest BCUT2D eigenvalue weighted by Crippen LogP contribution is -1.92. The highest BCUT2D eigenvalue weighted by molar-refractivity contribution is 9.10. The van der Waals surface area contributed by atoms with E-state index in [-0.39, 0.29) is 0 Å². The van der Waals surface area contributed by atoms with Gasteiger partial charge in [-0.3, -0.25) is 4.40 Å². The minimum Gasteiger partial charge on any atom is -0.278 e. The Labute approximate surface area is 117 Å². The Bertz CT molecular complexity index is 738. The van der Waals surface area contributed by atoms with Crippen LogP contribution < -0.4 is 0 Å². The van der Waals surface area contributed by atoms with Crippen LogP contribution in [-0.4, -0.2) is 19.6 Å². The van der Waals surface area contributed by atoms with Crippen molar-refractivity contribution in [3.63, 3.8) is 0 Å². The Kier molecular flexibility index (Phi) is 2.80. The van der Waals surface area contributed by atoms with Gasteiger partial charge in [0.05, 0.1) is 0 Å². The average molecular weight is 324 g/mol. The predicted molar refractivity (Wildman–Crippen MR) is 73.7 cm³/mol. The van der Waals surface area contributed by atoms with Crippen LogP contribution in [0, 0.1) is 6.92 Å². The van der Waals surface area contributed by atoms with Crippen LogP contribution in [0.4, 0.5) is 0 Å². The van der Waals surface area contributed by atoms with Gasteiger partial charge in [-0.1, -0.05) is 33.6 Å². The number of halogens is 2. The highest BCUT2D eigenvalue weighted by atomic mass is 79.9. The summed E-state index contributed by atoms with van der Waals surface area (Å²) in [5.74, 6) is 0.758. The van der Waals surface area contributed by atoms with Gasteiger partial charge >= 0.3 is 0 Å². The first-order chi connectivity index (χ1) is 8.66. The largest absolute Gasteiger partial charge is 0.278 e. The minimum atomic E-state index is 0.351. The molecule has 0 N–H and O–H groups in total. The van der Waals surface area contributed by atoms with Crippen molar-refractivity contribution in [3.05, 3.63) is 45.8 Å². The minimum absolute atomic E-state index is 0.351. The molecule has 90 valence electrons. The second kappa shape index (κ2) is 4.33. The van der Waals surface area contributed by atoms with Crippen molar-refractivity contribution in [2.45, 2.75) is 6.92 Å². The lowest BCUT2D eigenvalue weighted by molar-refractivity contribution is 1.10. The zero-order valence-electron chi connectivity index (χ0n) is 9.43. The van der Waals surface area contributed by atoms with Gasteiger partial charge in [-0.25, -0.2) is 4.98 Å². The third-order valence-corrected chi connectivity index (χ3v) is 3.48. The van der Waals surface area contributed by atoms with Gasteiger partial charge in [-0.2, -0.15) is 0 Å². The molecule has 0 amide bonds. The maximum Gasteiger partial charge on any atom is 0.198 e. The third kappa shape index (κ3) is 1.79. The quantitative estimate of drug-likeness (QED) is 0.688. The molecule has 0 unspecified atom stereocenters. The molecule has 0 spiro atoms. The average Bonchev–Trinajstić information content (AvgIpc) is 2.77. The van der Waals surface area contributed by atoms with E-state index in [0.29, 0.717) is 10.8 Å². The Morgan fingerprint density at radius 2 is 2.11 bits per heavy atom. The molecular formula is C12H8BrClN4. The molecule has 0 saturated carbocycles. The molecule has 0 fully saturated rings. The predicted octanol–water partition coefficient (Wildman–Crippen LogP) is 3.52. The highest BCUT2D eigenvalue weighted by Crippen LogP contribution is 2.26. The number of fused-ring (bicyclic) bond motifs is 1. The van der Waals surface area contributed by atoms with E-state index in [1.165, 1.54) is 0 Å². The molecule has 1 aromatic carbocycles. The molecular weight excluding hydrogens is 316 g/mol. The molecule has 2 heterocycles. The summed E-state index contributed by atoms with van der Waals surface area (Å²) in [6.45, 7) is 2.03. The molecule has 2 aromatic heterocycles. The summed E-state index contributed by atoms with van der Waals surface area (Å²) in [6, 6.07) is 6.04. The molecule has 4 nitrogen and oxygen atoms in total. The van der Waals surface area contributed by atoms with Gasteiger partial charge in [0.1, 0.15) is 0 Å². The Morgan fingerprint density at radius 1 is 1.28 bits per heavy atom. The van der Waals surface area contributed by atoms with Crippen LogP contribution >= 0.6 is 27.5 Å². The zero-order chi connectivity index (χ0) is 12.7. The van der Waals surface area contributed by atoms with Gasteiger partial charge in [0, 0.05) is 22.4 Å². The molecule has 3 rings (SSSR count). The first kappa shape index (κ1) is 11.6. The normalized spacial score (nSPS) is 11.1. The van der Waals surface area contributed by atoms with Crippen LogP contribution in [0.5, 0.6) is 0 Å². The van der Waals surface area contributed by atoms with Crippen molar-refractivity contribution in [1.29, 1.82) is 0 Å². The summed E-state index contributed by atoms with van der Waals surface area (Å²) in [6.07, 6.45) is 3.44. The van der Waals surface area contributed by atoms with Crippen LogP contribution in [0.1, 0.15) is 5.56 Å². The summed E-state index contributed by atoms with van der Waals surface area (Å²) in [5.41, 5.74) is 2.70. The number of hydrogen-bond donors (Lipinski definition) is 0. The van der Waals surface area contributed by atoms with E-state index in [1.807, 2.05) is 29.5 Å². The molecule has 0 radical (unpaired) electrons. The van der Waals surface area contributed by atoms with Crippen molar-refractivity contribution < 1.29 is 0 Å². The van der Waals surface area contributed by atoms with Crippen molar-refractivity contribution in [2.75, 3.05) is 0 Å². The maximum absolute atomic E-state index is 5.99. The van der Waals surface area contributed by atoms with Gasteiger partial charge in [-0.15, -0.1) is 10.2 Å². The Hall–Kier alpha value is -1.46. The van der Waals surface area contributed by atoms with Crippen molar-refractivity contribution in [3.8, 4) is 11.4 Å². The summed E-state index contributed by atoms with van der Waals surface area (Å²) in [5, 5.41) is 8.62. The van der Waals surface area contributed by atoms with E-state index in [9.17, 15) is 0 Å². The Balaban J connectivity index is 2.32. The van der Waals surface area contributed by atoms with Crippen LogP contribution in [0.25, 0.3) is 17.0 Å². The van der Waals surface area contributed by atoms with Gasteiger partial charge in [-0.05, 0) is 24.6 Å². The van der Waals surface area contributed by atoms with E-state index in [2.05, 4.69) is 31.1 Å². The fraction of sp³-hybridized carbons (Fsp3) is 0.0833. The summed E-state index contributed by atoms with van der Waals surface area (Å²) >= 11 is 9.45. The molecule has 0 aliphatic heterocycles. The fourth-order valence-electron chi connectivity index (χ4n) is 1.82. The second-order valence-corrected chi connectivity index (χ2v) is 5.17. The van der Waals surface area contributed by atoms with Crippen LogP contribution in [0.15, 0.2) is 35.1 Å². The highest BCUT2D eigenvalue weighted by Gasteiger charge is 2.12. The molecule has 0 aliphatic rings. The number of rotatable bonds is 1. The topological polar surface area (TPSA) is 43.1 Å². The number of aryl methyl sites for hydroxylation is 1. The van der Waals surface area contributed by atoms with E-state index < -0.39 is 0 Å². The molecule has 0 bridgehead atoms. The molecule has 0 saturated heterocycles. The number of nitrogens with zero attached hydrogens (tertiary/aromatic N) is 4. The lowest BCUT2D eigenvalue weighted by atomic mass is 10.1. The van der Waals surface area contributed by atoms with Gasteiger partial charge in [0.25, 0.3) is 0 Å². The SMILES string of the molecule is Cc1ccc(Br)cc1-c1nnc2c(Cl)nccn12. The fourth-order valence-corrected chi connectivity index (χ4v) is 2.36. The van der Waals surface area contributed by atoms with Crippen molar-refractivity contribution in [2.24, 2.45) is 0 Å². The van der Waals surface area contributed by atoms with E-state index in [4.69, 9.17) is 11.6 Å². The molecule has 6 heteroatoms. The Morgan fingerprint density at radius 3 is 2.94 bits per heavy atom. The number of aromatic nitrogens is 4. The summed E-state index contributed by atoms with van der Waals surface area (Å²) in [4.78, 5) is 3.99.